The van der Waals surface area contributed by atoms with Gasteiger partial charge in [-0.25, -0.2) is 4.98 Å². The third-order valence-electron chi connectivity index (χ3n) is 4.88. The fraction of sp³-hybridized carbons (Fsp3) is 0.500. The summed E-state index contributed by atoms with van der Waals surface area (Å²) in [6, 6.07) is 3.06. The molecule has 1 aliphatic rings. The van der Waals surface area contributed by atoms with Crippen LogP contribution in [0.15, 0.2) is 41.8 Å². The van der Waals surface area contributed by atoms with E-state index in [1.54, 1.807) is 12.1 Å². The van der Waals surface area contributed by atoms with Crippen LogP contribution in [0.5, 0.6) is 0 Å². The Balaban J connectivity index is 0.00000218. The summed E-state index contributed by atoms with van der Waals surface area (Å²) in [5.41, 5.74) is 7.20. The number of nitrogens with zero attached hydrogens (tertiary/aromatic N) is 2. The van der Waals surface area contributed by atoms with Crippen molar-refractivity contribution >= 4 is 29.6 Å². The second-order valence-electron chi connectivity index (χ2n) is 6.84. The molecule has 1 saturated heterocycles. The molecule has 0 spiro atoms. The van der Waals surface area contributed by atoms with E-state index in [0.29, 0.717) is 16.4 Å². The minimum Gasteiger partial charge on any atom is -0.394 e. The van der Waals surface area contributed by atoms with E-state index in [1.165, 1.54) is 6.20 Å². The van der Waals surface area contributed by atoms with Crippen LogP contribution in [0.4, 0.5) is 5.82 Å². The highest BCUT2D eigenvalue weighted by Gasteiger charge is 2.29. The summed E-state index contributed by atoms with van der Waals surface area (Å²) in [6.45, 7) is 7.66. The van der Waals surface area contributed by atoms with Crippen molar-refractivity contribution in [1.82, 2.24) is 15.2 Å². The summed E-state index contributed by atoms with van der Waals surface area (Å²) >= 11 is 5.83. The monoisotopic (exact) mass is 435 g/mol. The van der Waals surface area contributed by atoms with Crippen LogP contribution in [-0.4, -0.2) is 54.8 Å². The van der Waals surface area contributed by atoms with Crippen molar-refractivity contribution in [3.05, 3.63) is 46.8 Å². The molecule has 30 heavy (non-hydrogen) atoms. The number of carbonyl (C=O) groups is 2. The lowest BCUT2D eigenvalue weighted by Gasteiger charge is -2.36. The van der Waals surface area contributed by atoms with Crippen LogP contribution in [0.1, 0.15) is 33.6 Å². The molecular formula is C22H34ClN5O2. The maximum atomic E-state index is 12.6. The zero-order chi connectivity index (χ0) is 22.5. The van der Waals surface area contributed by atoms with E-state index in [1.807, 2.05) is 40.1 Å². The normalized spacial score (nSPS) is 18.7. The fourth-order valence-electron chi connectivity index (χ4n) is 3.28. The van der Waals surface area contributed by atoms with Gasteiger partial charge in [0.15, 0.2) is 0 Å². The number of allylic oxidation sites excluding steroid dienone is 1. The second-order valence-corrected chi connectivity index (χ2v) is 7.27. The van der Waals surface area contributed by atoms with Gasteiger partial charge in [-0.2, -0.15) is 0 Å². The SMILES string of the molecule is CC.CN/C=C(\C=C(/C=O)CN)C1CCCN(C(C)C(=O)Nc2ccc(Cl)cn2)C1. The van der Waals surface area contributed by atoms with Crippen molar-refractivity contribution in [1.29, 1.82) is 0 Å². The van der Waals surface area contributed by atoms with Crippen LogP contribution in [0, 0.1) is 5.92 Å². The number of aromatic nitrogens is 1. The third kappa shape index (κ3) is 7.89. The molecule has 2 atom stereocenters. The zero-order valence-electron chi connectivity index (χ0n) is 18.3. The summed E-state index contributed by atoms with van der Waals surface area (Å²) in [6.07, 6.45) is 8.00. The molecule has 1 amide bonds. The number of pyridine rings is 1. The van der Waals surface area contributed by atoms with Crippen LogP contribution in [0.3, 0.4) is 0 Å². The van der Waals surface area contributed by atoms with Crippen molar-refractivity contribution in [3.63, 3.8) is 0 Å². The van der Waals surface area contributed by atoms with Gasteiger partial charge < -0.3 is 16.4 Å². The minimum atomic E-state index is -0.305. The molecular weight excluding hydrogens is 402 g/mol. The number of likely N-dealkylation sites (tertiary alicyclic amines) is 1. The van der Waals surface area contributed by atoms with Gasteiger partial charge in [0.25, 0.3) is 0 Å². The molecule has 166 valence electrons. The number of nitrogens with one attached hydrogen (secondary N) is 2. The van der Waals surface area contributed by atoms with Gasteiger partial charge in [-0.05, 0) is 62.2 Å². The fourth-order valence-corrected chi connectivity index (χ4v) is 3.39. The Morgan fingerprint density at radius 2 is 2.17 bits per heavy atom. The predicted octanol–water partition coefficient (Wildman–Crippen LogP) is 2.99. The number of hydrogen-bond donors (Lipinski definition) is 3. The van der Waals surface area contributed by atoms with E-state index in [2.05, 4.69) is 20.5 Å². The number of carbonyl (C=O) groups excluding carboxylic acids is 2. The summed E-state index contributed by atoms with van der Waals surface area (Å²) in [5, 5.41) is 6.40. The predicted molar refractivity (Wildman–Crippen MR) is 123 cm³/mol. The maximum absolute atomic E-state index is 12.6. The van der Waals surface area contributed by atoms with E-state index in [4.69, 9.17) is 17.3 Å². The molecule has 4 N–H and O–H groups in total. The Bertz CT molecular complexity index is 734. The van der Waals surface area contributed by atoms with Crippen molar-refractivity contribution in [3.8, 4) is 0 Å². The van der Waals surface area contributed by atoms with Crippen LogP contribution in [0.25, 0.3) is 0 Å². The average molecular weight is 436 g/mol. The molecule has 2 unspecified atom stereocenters. The molecule has 2 rings (SSSR count). The number of rotatable bonds is 8. The molecule has 0 aromatic carbocycles. The maximum Gasteiger partial charge on any atom is 0.242 e. The first-order valence-electron chi connectivity index (χ1n) is 10.4. The van der Waals surface area contributed by atoms with E-state index in [9.17, 15) is 9.59 Å². The standard InChI is InChI=1S/C20H28ClN5O2.C2H6/c1-14(20(28)25-19-6-5-18(21)11-24-19)26-7-3-4-16(12-26)17(10-23-2)8-15(9-22)13-27;1-2/h5-6,8,10-11,13-14,16,23H,3-4,7,9,12,22H2,1-2H3,(H,24,25,28);1-2H3/b15-8-,17-10+;. The highest BCUT2D eigenvalue weighted by atomic mass is 35.5. The lowest BCUT2D eigenvalue weighted by molar-refractivity contribution is -0.121. The average Bonchev–Trinajstić information content (AvgIpc) is 2.79. The Hall–Kier alpha value is -2.22. The van der Waals surface area contributed by atoms with Crippen LogP contribution >= 0.6 is 11.6 Å². The molecule has 1 aliphatic heterocycles. The number of aldehydes is 1. The smallest absolute Gasteiger partial charge is 0.242 e. The Morgan fingerprint density at radius 1 is 1.43 bits per heavy atom. The zero-order valence-corrected chi connectivity index (χ0v) is 19.1. The van der Waals surface area contributed by atoms with Crippen molar-refractivity contribution in [2.75, 3.05) is 32.0 Å². The molecule has 8 heteroatoms. The van der Waals surface area contributed by atoms with E-state index >= 15 is 0 Å². The summed E-state index contributed by atoms with van der Waals surface area (Å²) < 4.78 is 0. The molecule has 0 bridgehead atoms. The molecule has 0 radical (unpaired) electrons. The largest absolute Gasteiger partial charge is 0.394 e. The molecule has 0 aliphatic carbocycles. The van der Waals surface area contributed by atoms with Gasteiger partial charge >= 0.3 is 0 Å². The van der Waals surface area contributed by atoms with Gasteiger partial charge in [-0.3, -0.25) is 14.5 Å². The number of nitrogens with two attached hydrogens (primary N) is 1. The highest BCUT2D eigenvalue weighted by Crippen LogP contribution is 2.26. The minimum absolute atomic E-state index is 0.110. The Labute approximate surface area is 184 Å². The first-order valence-corrected chi connectivity index (χ1v) is 10.8. The topological polar surface area (TPSA) is 100 Å². The molecule has 0 saturated carbocycles. The molecule has 7 nitrogen and oxygen atoms in total. The lowest BCUT2D eigenvalue weighted by Crippen LogP contribution is -2.47. The quantitative estimate of drug-likeness (QED) is 0.329. The number of anilines is 1. The first kappa shape index (κ1) is 25.8. The van der Waals surface area contributed by atoms with Crippen molar-refractivity contribution in [2.24, 2.45) is 11.7 Å². The van der Waals surface area contributed by atoms with Gasteiger partial charge in [0.2, 0.25) is 5.91 Å². The summed E-state index contributed by atoms with van der Waals surface area (Å²) in [4.78, 5) is 30.0. The van der Waals surface area contributed by atoms with Crippen LogP contribution < -0.4 is 16.4 Å². The molecule has 1 fully saturated rings. The number of piperidine rings is 1. The van der Waals surface area contributed by atoms with Crippen molar-refractivity contribution < 1.29 is 9.59 Å². The van der Waals surface area contributed by atoms with Gasteiger partial charge in [0.05, 0.1) is 11.1 Å². The molecule has 1 aromatic heterocycles. The Morgan fingerprint density at radius 3 is 2.73 bits per heavy atom. The number of amides is 1. The van der Waals surface area contributed by atoms with Gasteiger partial charge in [-0.15, -0.1) is 0 Å². The highest BCUT2D eigenvalue weighted by molar-refractivity contribution is 6.30. The van der Waals surface area contributed by atoms with Crippen LogP contribution in [-0.2, 0) is 9.59 Å². The molecule has 1 aromatic rings. The second kappa shape index (κ2) is 13.9. The van der Waals surface area contributed by atoms with Crippen LogP contribution in [0.2, 0.25) is 5.02 Å². The van der Waals surface area contributed by atoms with Crippen molar-refractivity contribution in [2.45, 2.75) is 39.7 Å². The third-order valence-corrected chi connectivity index (χ3v) is 5.10. The summed E-state index contributed by atoms with van der Waals surface area (Å²) in [7, 11) is 1.83. The van der Waals surface area contributed by atoms with Gasteiger partial charge in [0.1, 0.15) is 12.1 Å². The lowest BCUT2D eigenvalue weighted by atomic mass is 9.89. The van der Waals surface area contributed by atoms with Gasteiger partial charge in [-0.1, -0.05) is 25.4 Å². The summed E-state index contributed by atoms with van der Waals surface area (Å²) in [5.74, 6) is 0.583. The van der Waals surface area contributed by atoms with E-state index in [-0.39, 0.29) is 24.4 Å². The number of halogens is 1. The number of hydrogen-bond acceptors (Lipinski definition) is 6. The van der Waals surface area contributed by atoms with E-state index in [0.717, 1.165) is 37.8 Å². The van der Waals surface area contributed by atoms with E-state index < -0.39 is 0 Å². The molecule has 2 heterocycles. The van der Waals surface area contributed by atoms with Gasteiger partial charge in [0, 0.05) is 31.9 Å². The Kier molecular flexibility index (Phi) is 12.0. The first-order chi connectivity index (χ1) is 14.5.